The zero-order valence-electron chi connectivity index (χ0n) is 15.5. The summed E-state index contributed by atoms with van der Waals surface area (Å²) in [5.41, 5.74) is 3.76. The molecule has 4 rings (SSSR count). The van der Waals surface area contributed by atoms with Crippen LogP contribution in [0.25, 0.3) is 34.0 Å². The van der Waals surface area contributed by atoms with E-state index in [-0.39, 0.29) is 0 Å². The van der Waals surface area contributed by atoms with Crippen LogP contribution in [0.2, 0.25) is 0 Å². The van der Waals surface area contributed by atoms with E-state index in [0.717, 1.165) is 22.6 Å². The molecule has 0 aliphatic heterocycles. The molecule has 28 heavy (non-hydrogen) atoms. The summed E-state index contributed by atoms with van der Waals surface area (Å²) >= 11 is 0. The summed E-state index contributed by atoms with van der Waals surface area (Å²) < 4.78 is 10.7. The molecule has 0 fully saturated rings. The van der Waals surface area contributed by atoms with Gasteiger partial charge >= 0.3 is 0 Å². The van der Waals surface area contributed by atoms with Crippen LogP contribution in [0.1, 0.15) is 0 Å². The molecule has 0 atom stereocenters. The van der Waals surface area contributed by atoms with Crippen molar-refractivity contribution in [3.63, 3.8) is 0 Å². The fraction of sp³-hybridized carbons (Fsp3) is 0.0909. The molecule has 0 saturated carbocycles. The first-order chi connectivity index (χ1) is 13.8. The zero-order chi connectivity index (χ0) is 19.3. The fourth-order valence-electron chi connectivity index (χ4n) is 2.87. The van der Waals surface area contributed by atoms with Gasteiger partial charge in [0.2, 0.25) is 5.82 Å². The van der Waals surface area contributed by atoms with Crippen molar-refractivity contribution in [2.75, 3.05) is 14.2 Å². The smallest absolute Gasteiger partial charge is 0.201 e. The third kappa shape index (κ3) is 3.53. The SMILES string of the molecule is COc1cccc(-c2nnc(-c3ccccn3)nc2-c2cccc(OC)c2)c1. The van der Waals surface area contributed by atoms with Crippen LogP contribution < -0.4 is 9.47 Å². The number of benzene rings is 2. The quantitative estimate of drug-likeness (QED) is 0.522. The molecule has 0 saturated heterocycles. The molecule has 0 amide bonds. The lowest BCUT2D eigenvalue weighted by Gasteiger charge is -2.11. The highest BCUT2D eigenvalue weighted by molar-refractivity contribution is 5.79. The van der Waals surface area contributed by atoms with Gasteiger partial charge in [0.05, 0.1) is 14.2 Å². The van der Waals surface area contributed by atoms with Gasteiger partial charge in [-0.1, -0.05) is 30.3 Å². The van der Waals surface area contributed by atoms with Crippen molar-refractivity contribution < 1.29 is 9.47 Å². The minimum absolute atomic E-state index is 0.463. The Hall–Kier alpha value is -3.80. The van der Waals surface area contributed by atoms with Crippen LogP contribution in [0.3, 0.4) is 0 Å². The largest absolute Gasteiger partial charge is 0.497 e. The maximum absolute atomic E-state index is 5.38. The molecule has 138 valence electrons. The molecule has 2 heterocycles. The second-order valence-electron chi connectivity index (χ2n) is 6.01. The van der Waals surface area contributed by atoms with Gasteiger partial charge in [-0.15, -0.1) is 10.2 Å². The number of hydrogen-bond donors (Lipinski definition) is 0. The fourth-order valence-corrected chi connectivity index (χ4v) is 2.87. The minimum Gasteiger partial charge on any atom is -0.497 e. The van der Waals surface area contributed by atoms with Gasteiger partial charge in [-0.05, 0) is 36.4 Å². The van der Waals surface area contributed by atoms with Gasteiger partial charge in [0.15, 0.2) is 0 Å². The van der Waals surface area contributed by atoms with Gasteiger partial charge in [0.25, 0.3) is 0 Å². The van der Waals surface area contributed by atoms with E-state index in [4.69, 9.17) is 14.5 Å². The van der Waals surface area contributed by atoms with E-state index in [1.165, 1.54) is 0 Å². The summed E-state index contributed by atoms with van der Waals surface area (Å²) in [5.74, 6) is 1.95. The van der Waals surface area contributed by atoms with Crippen LogP contribution in [0, 0.1) is 0 Å². The second-order valence-corrected chi connectivity index (χ2v) is 6.01. The number of nitrogens with zero attached hydrogens (tertiary/aromatic N) is 4. The van der Waals surface area contributed by atoms with Crippen molar-refractivity contribution in [2.24, 2.45) is 0 Å². The number of ether oxygens (including phenoxy) is 2. The minimum atomic E-state index is 0.463. The van der Waals surface area contributed by atoms with E-state index >= 15 is 0 Å². The van der Waals surface area contributed by atoms with Crippen LogP contribution in [-0.2, 0) is 0 Å². The molecule has 2 aromatic heterocycles. The average Bonchev–Trinajstić information content (AvgIpc) is 2.79. The van der Waals surface area contributed by atoms with E-state index in [0.29, 0.717) is 22.9 Å². The summed E-state index contributed by atoms with van der Waals surface area (Å²) in [6, 6.07) is 21.0. The van der Waals surface area contributed by atoms with E-state index in [1.807, 2.05) is 66.7 Å². The first kappa shape index (κ1) is 17.6. The predicted molar refractivity (Wildman–Crippen MR) is 107 cm³/mol. The first-order valence-corrected chi connectivity index (χ1v) is 8.73. The average molecular weight is 370 g/mol. The van der Waals surface area contributed by atoms with E-state index in [1.54, 1.807) is 20.4 Å². The molecular formula is C22H18N4O2. The Balaban J connectivity index is 1.92. The third-order valence-corrected chi connectivity index (χ3v) is 4.27. The molecule has 0 aliphatic carbocycles. The van der Waals surface area contributed by atoms with Gasteiger partial charge in [-0.2, -0.15) is 0 Å². The third-order valence-electron chi connectivity index (χ3n) is 4.27. The Morgan fingerprint density at radius 1 is 0.679 bits per heavy atom. The van der Waals surface area contributed by atoms with Crippen LogP contribution >= 0.6 is 0 Å². The summed E-state index contributed by atoms with van der Waals surface area (Å²) in [6.07, 6.45) is 1.71. The first-order valence-electron chi connectivity index (χ1n) is 8.73. The summed E-state index contributed by atoms with van der Waals surface area (Å²) in [5, 5.41) is 8.80. The second kappa shape index (κ2) is 7.84. The van der Waals surface area contributed by atoms with Crippen molar-refractivity contribution in [1.82, 2.24) is 20.2 Å². The lowest BCUT2D eigenvalue weighted by atomic mass is 10.0. The lowest BCUT2D eigenvalue weighted by Crippen LogP contribution is -2.01. The van der Waals surface area contributed by atoms with Crippen LogP contribution in [0.5, 0.6) is 11.5 Å². The molecule has 0 unspecified atom stereocenters. The molecule has 0 aliphatic rings. The maximum Gasteiger partial charge on any atom is 0.201 e. The van der Waals surface area contributed by atoms with E-state index < -0.39 is 0 Å². The Morgan fingerprint density at radius 3 is 1.96 bits per heavy atom. The Bertz CT molecular complexity index is 1100. The molecule has 6 nitrogen and oxygen atoms in total. The van der Waals surface area contributed by atoms with Crippen molar-refractivity contribution in [1.29, 1.82) is 0 Å². The molecule has 6 heteroatoms. The molecule has 0 N–H and O–H groups in total. The summed E-state index contributed by atoms with van der Waals surface area (Å²) in [4.78, 5) is 9.13. The highest BCUT2D eigenvalue weighted by Crippen LogP contribution is 2.32. The maximum atomic E-state index is 5.38. The van der Waals surface area contributed by atoms with Crippen molar-refractivity contribution in [3.05, 3.63) is 72.9 Å². The summed E-state index contributed by atoms with van der Waals surface area (Å²) in [6.45, 7) is 0. The van der Waals surface area contributed by atoms with Gasteiger partial charge in [0.1, 0.15) is 28.6 Å². The van der Waals surface area contributed by atoms with Gasteiger partial charge in [-0.25, -0.2) is 4.98 Å². The normalized spacial score (nSPS) is 10.5. The highest BCUT2D eigenvalue weighted by Gasteiger charge is 2.16. The Kier molecular flexibility index (Phi) is 4.93. The summed E-state index contributed by atoms with van der Waals surface area (Å²) in [7, 11) is 3.27. The number of rotatable bonds is 5. The van der Waals surface area contributed by atoms with Gasteiger partial charge in [-0.3, -0.25) is 4.98 Å². The topological polar surface area (TPSA) is 70.0 Å². The molecule has 4 aromatic rings. The van der Waals surface area contributed by atoms with Crippen LogP contribution in [0.15, 0.2) is 72.9 Å². The van der Waals surface area contributed by atoms with Crippen molar-refractivity contribution in [2.45, 2.75) is 0 Å². The van der Waals surface area contributed by atoms with Gasteiger partial charge < -0.3 is 9.47 Å². The lowest BCUT2D eigenvalue weighted by molar-refractivity contribution is 0.415. The van der Waals surface area contributed by atoms with E-state index in [9.17, 15) is 0 Å². The van der Waals surface area contributed by atoms with Crippen molar-refractivity contribution in [3.8, 4) is 45.5 Å². The van der Waals surface area contributed by atoms with Gasteiger partial charge in [0, 0.05) is 17.3 Å². The zero-order valence-corrected chi connectivity index (χ0v) is 15.5. The van der Waals surface area contributed by atoms with E-state index in [2.05, 4.69) is 15.2 Å². The predicted octanol–water partition coefficient (Wildman–Crippen LogP) is 4.28. The Morgan fingerprint density at radius 2 is 1.36 bits per heavy atom. The standard InChI is InChI=1S/C22H18N4O2/c1-27-17-9-5-7-15(13-17)20-21(16-8-6-10-18(14-16)28-2)25-26-22(24-20)19-11-3-4-12-23-19/h3-14H,1-2H3. The molecule has 0 radical (unpaired) electrons. The molecule has 0 spiro atoms. The van der Waals surface area contributed by atoms with Crippen molar-refractivity contribution >= 4 is 0 Å². The monoisotopic (exact) mass is 370 g/mol. The van der Waals surface area contributed by atoms with Crippen LogP contribution in [-0.4, -0.2) is 34.4 Å². The molecule has 0 bridgehead atoms. The number of methoxy groups -OCH3 is 2. The molecule has 2 aromatic carbocycles. The Labute approximate surface area is 162 Å². The number of hydrogen-bond acceptors (Lipinski definition) is 6. The number of pyridine rings is 1. The molecular weight excluding hydrogens is 352 g/mol. The highest BCUT2D eigenvalue weighted by atomic mass is 16.5. The van der Waals surface area contributed by atoms with Crippen LogP contribution in [0.4, 0.5) is 0 Å². The number of aromatic nitrogens is 4.